The van der Waals surface area contributed by atoms with Crippen LogP contribution in [-0.2, 0) is 6.42 Å². The number of nitrogens with two attached hydrogens (primary N) is 1. The first kappa shape index (κ1) is 11.6. The lowest BCUT2D eigenvalue weighted by Crippen LogP contribution is -2.45. The minimum atomic E-state index is -0.0805. The Morgan fingerprint density at radius 1 is 1.64 bits per heavy atom. The number of thiazole rings is 1. The molecule has 0 fully saturated rings. The summed E-state index contributed by atoms with van der Waals surface area (Å²) < 4.78 is 0. The number of rotatable bonds is 6. The molecule has 3 nitrogen and oxygen atoms in total. The lowest BCUT2D eigenvalue weighted by molar-refractivity contribution is 0.418. The fourth-order valence-electron chi connectivity index (χ4n) is 1.07. The zero-order valence-corrected chi connectivity index (χ0v) is 9.73. The number of nitrogens with zero attached hydrogens (tertiary/aromatic N) is 1. The topological polar surface area (TPSA) is 50.9 Å². The Morgan fingerprint density at radius 2 is 2.43 bits per heavy atom. The summed E-state index contributed by atoms with van der Waals surface area (Å²) in [6, 6.07) is 0. The van der Waals surface area contributed by atoms with Crippen LogP contribution < -0.4 is 11.1 Å². The number of hydrogen-bond acceptors (Lipinski definition) is 4. The quantitative estimate of drug-likeness (QED) is 0.702. The first-order chi connectivity index (χ1) is 6.64. The molecular formula is C10H19N3S. The van der Waals surface area contributed by atoms with E-state index in [0.717, 1.165) is 25.9 Å². The normalized spacial score (nSPS) is 15.4. The highest BCUT2D eigenvalue weighted by Crippen LogP contribution is 2.04. The van der Waals surface area contributed by atoms with E-state index in [9.17, 15) is 0 Å². The van der Waals surface area contributed by atoms with Crippen molar-refractivity contribution in [1.82, 2.24) is 10.3 Å². The lowest BCUT2D eigenvalue weighted by Gasteiger charge is -2.22. The number of aromatic nitrogens is 1. The molecule has 0 amide bonds. The van der Waals surface area contributed by atoms with Crippen molar-refractivity contribution in [2.45, 2.75) is 32.2 Å². The van der Waals surface area contributed by atoms with E-state index in [1.165, 1.54) is 5.01 Å². The van der Waals surface area contributed by atoms with Crippen LogP contribution in [-0.4, -0.2) is 23.6 Å². The molecule has 0 aromatic carbocycles. The Bertz CT molecular complexity index is 244. The molecule has 80 valence electrons. The van der Waals surface area contributed by atoms with Crippen molar-refractivity contribution in [3.63, 3.8) is 0 Å². The highest BCUT2D eigenvalue weighted by molar-refractivity contribution is 7.09. The van der Waals surface area contributed by atoms with Gasteiger partial charge in [0.1, 0.15) is 0 Å². The van der Waals surface area contributed by atoms with Crippen LogP contribution in [0.5, 0.6) is 0 Å². The molecule has 0 radical (unpaired) electrons. The molecule has 3 N–H and O–H groups in total. The van der Waals surface area contributed by atoms with E-state index in [4.69, 9.17) is 5.73 Å². The van der Waals surface area contributed by atoms with Crippen molar-refractivity contribution >= 4 is 11.3 Å². The Labute approximate surface area is 89.7 Å². The van der Waals surface area contributed by atoms with Crippen molar-refractivity contribution in [3.05, 3.63) is 16.6 Å². The average molecular weight is 213 g/mol. The van der Waals surface area contributed by atoms with Gasteiger partial charge in [-0.2, -0.15) is 0 Å². The smallest absolute Gasteiger partial charge is 0.0937 e. The van der Waals surface area contributed by atoms with E-state index in [2.05, 4.69) is 24.1 Å². The van der Waals surface area contributed by atoms with Gasteiger partial charge in [-0.25, -0.2) is 4.98 Å². The van der Waals surface area contributed by atoms with Gasteiger partial charge in [0.15, 0.2) is 0 Å². The zero-order chi connectivity index (χ0) is 10.4. The second-order valence-electron chi connectivity index (χ2n) is 3.86. The second kappa shape index (κ2) is 5.44. The maximum Gasteiger partial charge on any atom is 0.0937 e. The van der Waals surface area contributed by atoms with Gasteiger partial charge in [-0.3, -0.25) is 0 Å². The van der Waals surface area contributed by atoms with Crippen molar-refractivity contribution in [3.8, 4) is 0 Å². The summed E-state index contributed by atoms with van der Waals surface area (Å²) in [6.07, 6.45) is 3.84. The first-order valence-corrected chi connectivity index (χ1v) is 5.90. The first-order valence-electron chi connectivity index (χ1n) is 5.02. The largest absolute Gasteiger partial charge is 0.324 e. The van der Waals surface area contributed by atoms with Gasteiger partial charge in [0.05, 0.1) is 5.01 Å². The van der Waals surface area contributed by atoms with Crippen LogP contribution in [0.4, 0.5) is 0 Å². The van der Waals surface area contributed by atoms with Crippen LogP contribution in [0.25, 0.3) is 0 Å². The van der Waals surface area contributed by atoms with Crippen LogP contribution in [0.2, 0.25) is 0 Å². The number of nitrogens with one attached hydrogen (secondary N) is 1. The lowest BCUT2D eigenvalue weighted by atomic mass is 10.0. The molecule has 1 atom stereocenters. The molecule has 0 saturated carbocycles. The average Bonchev–Trinajstić information content (AvgIpc) is 2.65. The number of hydrogen-bond donors (Lipinski definition) is 2. The van der Waals surface area contributed by atoms with Crippen molar-refractivity contribution in [2.24, 2.45) is 5.73 Å². The Morgan fingerprint density at radius 3 is 3.00 bits per heavy atom. The van der Waals surface area contributed by atoms with Gasteiger partial charge >= 0.3 is 0 Å². The van der Waals surface area contributed by atoms with E-state index in [1.54, 1.807) is 11.3 Å². The maximum absolute atomic E-state index is 6.00. The van der Waals surface area contributed by atoms with Gasteiger partial charge < -0.3 is 11.1 Å². The van der Waals surface area contributed by atoms with Gasteiger partial charge in [-0.05, 0) is 13.3 Å². The monoisotopic (exact) mass is 213 g/mol. The summed E-state index contributed by atoms with van der Waals surface area (Å²) in [4.78, 5) is 4.22. The minimum absolute atomic E-state index is 0.0805. The Balaban J connectivity index is 2.11. The van der Waals surface area contributed by atoms with E-state index >= 15 is 0 Å². The van der Waals surface area contributed by atoms with Crippen molar-refractivity contribution < 1.29 is 0 Å². The SMILES string of the molecule is CCC(C)(N)CNCCc1nccs1. The van der Waals surface area contributed by atoms with E-state index < -0.39 is 0 Å². The highest BCUT2D eigenvalue weighted by atomic mass is 32.1. The summed E-state index contributed by atoms with van der Waals surface area (Å²) in [5, 5.41) is 6.55. The summed E-state index contributed by atoms with van der Waals surface area (Å²) >= 11 is 1.70. The predicted molar refractivity (Wildman–Crippen MR) is 61.6 cm³/mol. The van der Waals surface area contributed by atoms with Gasteiger partial charge in [0, 0.05) is 36.6 Å². The molecule has 1 heterocycles. The van der Waals surface area contributed by atoms with Crippen molar-refractivity contribution in [1.29, 1.82) is 0 Å². The molecule has 0 aliphatic heterocycles. The third-order valence-electron chi connectivity index (χ3n) is 2.34. The van der Waals surface area contributed by atoms with Crippen molar-refractivity contribution in [2.75, 3.05) is 13.1 Å². The van der Waals surface area contributed by atoms with E-state index in [-0.39, 0.29) is 5.54 Å². The molecule has 1 aromatic rings. The molecule has 1 unspecified atom stereocenters. The molecule has 0 aliphatic carbocycles. The van der Waals surface area contributed by atoms with Gasteiger partial charge in [0.25, 0.3) is 0 Å². The molecular weight excluding hydrogens is 194 g/mol. The molecule has 14 heavy (non-hydrogen) atoms. The molecule has 4 heteroatoms. The van der Waals surface area contributed by atoms with Gasteiger partial charge in [-0.1, -0.05) is 6.92 Å². The fourth-order valence-corrected chi connectivity index (χ4v) is 1.69. The van der Waals surface area contributed by atoms with Crippen LogP contribution >= 0.6 is 11.3 Å². The van der Waals surface area contributed by atoms with Crippen LogP contribution in [0.3, 0.4) is 0 Å². The van der Waals surface area contributed by atoms with Crippen LogP contribution in [0.1, 0.15) is 25.3 Å². The molecule has 0 spiro atoms. The predicted octanol–water partition coefficient (Wildman–Crippen LogP) is 1.40. The van der Waals surface area contributed by atoms with Crippen LogP contribution in [0, 0.1) is 0 Å². The summed E-state index contributed by atoms with van der Waals surface area (Å²) in [5.41, 5.74) is 5.92. The molecule has 0 bridgehead atoms. The molecule has 1 aromatic heterocycles. The van der Waals surface area contributed by atoms with Gasteiger partial charge in [0.2, 0.25) is 0 Å². The molecule has 0 saturated heterocycles. The standard InChI is InChI=1S/C10H19N3S/c1-3-10(2,11)8-12-5-4-9-13-6-7-14-9/h6-7,12H,3-5,8,11H2,1-2H3. The summed E-state index contributed by atoms with van der Waals surface area (Å²) in [7, 11) is 0. The Hall–Kier alpha value is -0.450. The molecule has 0 aliphatic rings. The minimum Gasteiger partial charge on any atom is -0.324 e. The van der Waals surface area contributed by atoms with E-state index in [1.807, 2.05) is 11.6 Å². The molecule has 1 rings (SSSR count). The summed E-state index contributed by atoms with van der Waals surface area (Å²) in [5.74, 6) is 0. The summed E-state index contributed by atoms with van der Waals surface area (Å²) in [6.45, 7) is 6.01. The zero-order valence-electron chi connectivity index (χ0n) is 8.92. The van der Waals surface area contributed by atoms with Gasteiger partial charge in [-0.15, -0.1) is 11.3 Å². The Kier molecular flexibility index (Phi) is 4.51. The van der Waals surface area contributed by atoms with E-state index in [0.29, 0.717) is 0 Å². The third kappa shape index (κ3) is 4.17. The third-order valence-corrected chi connectivity index (χ3v) is 3.18. The maximum atomic E-state index is 6.00. The second-order valence-corrected chi connectivity index (χ2v) is 4.84. The fraction of sp³-hybridized carbons (Fsp3) is 0.700. The highest BCUT2D eigenvalue weighted by Gasteiger charge is 2.13. The van der Waals surface area contributed by atoms with Crippen LogP contribution in [0.15, 0.2) is 11.6 Å².